The number of rotatable bonds is 9. The molecule has 7 nitrogen and oxygen atoms in total. The molecule has 0 bridgehead atoms. The zero-order chi connectivity index (χ0) is 25.6. The number of para-hydroxylation sites is 1. The third kappa shape index (κ3) is 6.48. The summed E-state index contributed by atoms with van der Waals surface area (Å²) in [5.74, 6) is -0.862. The van der Waals surface area contributed by atoms with Crippen LogP contribution in [0.3, 0.4) is 0 Å². The Bertz CT molecular complexity index is 1280. The molecule has 0 aliphatic rings. The highest BCUT2D eigenvalue weighted by atomic mass is 32.2. The Hall–Kier alpha value is -3.65. The minimum Gasteiger partial charge on any atom is -0.345 e. The molecule has 8 heteroatoms. The largest absolute Gasteiger partial charge is 0.345 e. The molecule has 0 fully saturated rings. The van der Waals surface area contributed by atoms with Crippen molar-refractivity contribution in [3.8, 4) is 0 Å². The highest BCUT2D eigenvalue weighted by Gasteiger charge is 2.32. The Morgan fingerprint density at radius 3 is 2.11 bits per heavy atom. The fourth-order valence-electron chi connectivity index (χ4n) is 3.86. The number of carbonyl (C=O) groups excluding carboxylic acids is 2. The molecule has 0 heterocycles. The summed E-state index contributed by atoms with van der Waals surface area (Å²) in [6.45, 7) is 5.53. The molecule has 0 spiro atoms. The third-order valence-corrected chi connectivity index (χ3v) is 6.87. The monoisotopic (exact) mass is 493 g/mol. The molecule has 0 aliphatic heterocycles. The summed E-state index contributed by atoms with van der Waals surface area (Å²) < 4.78 is 26.5. The van der Waals surface area contributed by atoms with Gasteiger partial charge in [-0.3, -0.25) is 13.9 Å². The summed E-state index contributed by atoms with van der Waals surface area (Å²) in [7, 11) is -3.76. The van der Waals surface area contributed by atoms with Crippen molar-refractivity contribution in [1.29, 1.82) is 0 Å². The number of sulfonamides is 1. The van der Waals surface area contributed by atoms with Crippen LogP contribution in [-0.4, -0.2) is 32.5 Å². The lowest BCUT2D eigenvalue weighted by molar-refractivity contribution is -0.117. The van der Waals surface area contributed by atoms with Crippen molar-refractivity contribution in [2.45, 2.75) is 39.3 Å². The van der Waals surface area contributed by atoms with Crippen LogP contribution in [0.15, 0.2) is 78.9 Å². The lowest BCUT2D eigenvalue weighted by Gasteiger charge is -2.30. The van der Waals surface area contributed by atoms with Crippen molar-refractivity contribution in [2.24, 2.45) is 0 Å². The van der Waals surface area contributed by atoms with Crippen LogP contribution in [-0.2, 0) is 14.8 Å². The minimum absolute atomic E-state index is 0.238. The molecule has 2 amide bonds. The van der Waals surface area contributed by atoms with Crippen molar-refractivity contribution in [3.63, 3.8) is 0 Å². The second-order valence-electron chi connectivity index (χ2n) is 8.46. The summed E-state index contributed by atoms with van der Waals surface area (Å²) >= 11 is 0. The van der Waals surface area contributed by atoms with Gasteiger partial charge in [0.15, 0.2) is 0 Å². The van der Waals surface area contributed by atoms with Gasteiger partial charge in [0.2, 0.25) is 15.9 Å². The molecule has 2 N–H and O–H groups in total. The first-order valence-electron chi connectivity index (χ1n) is 11.4. The molecule has 0 saturated carbocycles. The first-order valence-corrected chi connectivity index (χ1v) is 13.3. The zero-order valence-corrected chi connectivity index (χ0v) is 21.2. The van der Waals surface area contributed by atoms with E-state index in [1.165, 1.54) is 0 Å². The van der Waals surface area contributed by atoms with Crippen LogP contribution >= 0.6 is 0 Å². The van der Waals surface area contributed by atoms with Crippen molar-refractivity contribution in [3.05, 3.63) is 95.6 Å². The maximum atomic E-state index is 13.3. The predicted molar refractivity (Wildman–Crippen MR) is 140 cm³/mol. The molecule has 0 radical (unpaired) electrons. The van der Waals surface area contributed by atoms with E-state index in [1.54, 1.807) is 55.5 Å². The molecule has 184 valence electrons. The van der Waals surface area contributed by atoms with E-state index in [2.05, 4.69) is 10.6 Å². The highest BCUT2D eigenvalue weighted by Crippen LogP contribution is 2.25. The van der Waals surface area contributed by atoms with Crippen molar-refractivity contribution >= 4 is 33.2 Å². The molecule has 0 aliphatic carbocycles. The number of anilines is 2. The third-order valence-electron chi connectivity index (χ3n) is 5.69. The van der Waals surface area contributed by atoms with Crippen molar-refractivity contribution in [2.75, 3.05) is 15.9 Å². The zero-order valence-electron chi connectivity index (χ0n) is 20.4. The van der Waals surface area contributed by atoms with E-state index in [0.29, 0.717) is 16.9 Å². The first-order chi connectivity index (χ1) is 16.6. The summed E-state index contributed by atoms with van der Waals surface area (Å²) in [4.78, 5) is 26.4. The Balaban J connectivity index is 1.85. The average Bonchev–Trinajstić information content (AvgIpc) is 2.83. The second-order valence-corrected chi connectivity index (χ2v) is 10.3. The van der Waals surface area contributed by atoms with E-state index < -0.39 is 22.0 Å². The Morgan fingerprint density at radius 1 is 0.914 bits per heavy atom. The number of benzene rings is 3. The van der Waals surface area contributed by atoms with Gasteiger partial charge in [0.1, 0.15) is 6.04 Å². The van der Waals surface area contributed by atoms with E-state index in [1.807, 2.05) is 44.2 Å². The van der Waals surface area contributed by atoms with E-state index in [0.717, 1.165) is 21.7 Å². The van der Waals surface area contributed by atoms with Gasteiger partial charge in [-0.1, -0.05) is 67.1 Å². The number of amides is 2. The lowest BCUT2D eigenvalue weighted by Crippen LogP contribution is -2.47. The summed E-state index contributed by atoms with van der Waals surface area (Å²) in [6, 6.07) is 22.0. The minimum atomic E-state index is -3.76. The lowest BCUT2D eigenvalue weighted by atomic mass is 10.1. The number of aryl methyl sites for hydroxylation is 1. The topological polar surface area (TPSA) is 95.6 Å². The molecular weight excluding hydrogens is 462 g/mol. The van der Waals surface area contributed by atoms with Crippen LogP contribution in [0.2, 0.25) is 0 Å². The van der Waals surface area contributed by atoms with Gasteiger partial charge in [0.25, 0.3) is 5.91 Å². The van der Waals surface area contributed by atoms with Crippen LogP contribution in [0.25, 0.3) is 0 Å². The number of hydrogen-bond donors (Lipinski definition) is 2. The van der Waals surface area contributed by atoms with Crippen LogP contribution in [0.5, 0.6) is 0 Å². The molecule has 3 rings (SSSR count). The molecule has 0 aromatic heterocycles. The van der Waals surface area contributed by atoms with Gasteiger partial charge in [-0.2, -0.15) is 0 Å². The first kappa shape index (κ1) is 26.0. The van der Waals surface area contributed by atoms with Gasteiger partial charge >= 0.3 is 0 Å². The SMILES string of the molecule is CC[C@H](C(=O)Nc1ccccc1C(=O)N[C@@H](C)c1ccccc1)N(c1ccc(C)cc1)S(C)(=O)=O. The summed E-state index contributed by atoms with van der Waals surface area (Å²) in [5, 5.41) is 5.73. The fraction of sp³-hybridized carbons (Fsp3) is 0.259. The van der Waals surface area contributed by atoms with Gasteiger partial charge in [0.05, 0.1) is 29.2 Å². The molecular formula is C27H31N3O4S. The Labute approximate surface area is 207 Å². The maximum Gasteiger partial charge on any atom is 0.253 e. The van der Waals surface area contributed by atoms with Gasteiger partial charge in [-0.15, -0.1) is 0 Å². The molecule has 0 saturated heterocycles. The van der Waals surface area contributed by atoms with Crippen LogP contribution in [0, 0.1) is 6.92 Å². The van der Waals surface area contributed by atoms with E-state index >= 15 is 0 Å². The van der Waals surface area contributed by atoms with Gasteiger partial charge in [-0.25, -0.2) is 8.42 Å². The quantitative estimate of drug-likeness (QED) is 0.453. The van der Waals surface area contributed by atoms with Crippen LogP contribution in [0.1, 0.15) is 47.8 Å². The summed E-state index contributed by atoms with van der Waals surface area (Å²) in [5.41, 5.74) is 2.94. The highest BCUT2D eigenvalue weighted by molar-refractivity contribution is 7.92. The molecule has 2 atom stereocenters. The van der Waals surface area contributed by atoms with Crippen LogP contribution < -0.4 is 14.9 Å². The van der Waals surface area contributed by atoms with Gasteiger partial charge in [-0.05, 0) is 50.1 Å². The molecule has 3 aromatic rings. The van der Waals surface area contributed by atoms with E-state index in [4.69, 9.17) is 0 Å². The fourth-order valence-corrected chi connectivity index (χ4v) is 5.07. The predicted octanol–water partition coefficient (Wildman–Crippen LogP) is 4.67. The smallest absolute Gasteiger partial charge is 0.253 e. The van der Waals surface area contributed by atoms with Crippen molar-refractivity contribution < 1.29 is 18.0 Å². The van der Waals surface area contributed by atoms with E-state index in [-0.39, 0.29) is 18.4 Å². The van der Waals surface area contributed by atoms with Gasteiger partial charge in [0, 0.05) is 0 Å². The Morgan fingerprint density at radius 2 is 1.51 bits per heavy atom. The summed E-state index contributed by atoms with van der Waals surface area (Å²) in [6.07, 6.45) is 1.32. The molecule has 3 aromatic carbocycles. The van der Waals surface area contributed by atoms with Crippen molar-refractivity contribution in [1.82, 2.24) is 5.32 Å². The number of nitrogens with zero attached hydrogens (tertiary/aromatic N) is 1. The normalized spacial score (nSPS) is 12.9. The number of carbonyl (C=O) groups is 2. The van der Waals surface area contributed by atoms with Crippen LogP contribution in [0.4, 0.5) is 11.4 Å². The van der Waals surface area contributed by atoms with E-state index in [9.17, 15) is 18.0 Å². The van der Waals surface area contributed by atoms with Gasteiger partial charge < -0.3 is 10.6 Å². The number of hydrogen-bond acceptors (Lipinski definition) is 4. The average molecular weight is 494 g/mol. The number of nitrogens with one attached hydrogen (secondary N) is 2. The molecule has 35 heavy (non-hydrogen) atoms. The maximum absolute atomic E-state index is 13.3. The second kappa shape index (κ2) is 11.2. The Kier molecular flexibility index (Phi) is 8.30. The molecule has 0 unspecified atom stereocenters. The standard InChI is InChI=1S/C27H31N3O4S/c1-5-25(30(35(4,33)34)22-17-15-19(2)16-18-22)27(32)29-24-14-10-9-13-23(24)26(31)28-20(3)21-11-7-6-8-12-21/h6-18,20,25H,5H2,1-4H3,(H,28,31)(H,29,32)/t20-,25+/m0/s1.